The minimum Gasteiger partial charge on any atom is -0.467 e. The van der Waals surface area contributed by atoms with Crippen molar-refractivity contribution < 1.29 is 9.53 Å². The fraction of sp³-hybridized carbons (Fsp3) is 0.583. The normalized spacial score (nSPS) is 11.9. The number of H-pyrrole nitrogens is 1. The molecule has 1 rings (SSSR count). The molecule has 0 aliphatic carbocycles. The van der Waals surface area contributed by atoms with Crippen molar-refractivity contribution in [2.45, 2.75) is 39.3 Å². The average Bonchev–Trinajstić information content (AvgIpc) is 2.42. The molecule has 0 aliphatic heterocycles. The third-order valence-electron chi connectivity index (χ3n) is 2.89. The highest BCUT2D eigenvalue weighted by molar-refractivity contribution is 5.79. The first-order valence-electron chi connectivity index (χ1n) is 6.39. The van der Waals surface area contributed by atoms with Crippen LogP contribution >= 0.6 is 0 Å². The summed E-state index contributed by atoms with van der Waals surface area (Å²) in [6.07, 6.45) is 1.63. The first kappa shape index (κ1) is 15.8. The van der Waals surface area contributed by atoms with Gasteiger partial charge in [-0.3, -0.25) is 14.3 Å². The summed E-state index contributed by atoms with van der Waals surface area (Å²) in [5, 5.41) is 2.67. The molecule has 112 valence electrons. The number of methoxy groups -OCH3 is 1. The smallest absolute Gasteiger partial charge is 0.330 e. The molecule has 8 heteroatoms. The number of nitrogens with one attached hydrogen (secondary N) is 2. The second-order valence-corrected chi connectivity index (χ2v) is 4.41. The monoisotopic (exact) mass is 284 g/mol. The predicted octanol–water partition coefficient (Wildman–Crippen LogP) is -0.108. The van der Waals surface area contributed by atoms with Crippen LogP contribution in [0.1, 0.15) is 26.7 Å². The largest absolute Gasteiger partial charge is 0.467 e. The fourth-order valence-corrected chi connectivity index (χ4v) is 1.72. The van der Waals surface area contributed by atoms with E-state index in [4.69, 9.17) is 5.73 Å². The fourth-order valence-electron chi connectivity index (χ4n) is 1.72. The molecule has 0 fully saturated rings. The van der Waals surface area contributed by atoms with E-state index < -0.39 is 23.3 Å². The molecule has 20 heavy (non-hydrogen) atoms. The number of hydrogen-bond donors (Lipinski definition) is 3. The molecular weight excluding hydrogens is 264 g/mol. The zero-order chi connectivity index (χ0) is 15.3. The maximum Gasteiger partial charge on any atom is 0.330 e. The Morgan fingerprint density at radius 1 is 1.50 bits per heavy atom. The van der Waals surface area contributed by atoms with E-state index in [1.165, 1.54) is 18.6 Å². The van der Waals surface area contributed by atoms with Gasteiger partial charge in [-0.25, -0.2) is 9.59 Å². The summed E-state index contributed by atoms with van der Waals surface area (Å²) < 4.78 is 5.83. The Morgan fingerprint density at radius 3 is 2.70 bits per heavy atom. The van der Waals surface area contributed by atoms with Crippen LogP contribution in [0.15, 0.2) is 9.59 Å². The van der Waals surface area contributed by atoms with Crippen LogP contribution in [0.4, 0.5) is 11.5 Å². The number of carbonyl (C=O) groups excluding carboxylic acids is 1. The number of unbranched alkanes of at least 4 members (excludes halogenated alkanes) is 1. The summed E-state index contributed by atoms with van der Waals surface area (Å²) in [7, 11) is 1.25. The standard InChI is InChI=1S/C12H20N4O4/c1-4-5-6-16-9(13)8(10(17)15-12(16)19)14-7(2)11(18)20-3/h7,14H,4-6,13H2,1-3H3,(H,15,17,19). The maximum atomic E-state index is 11.8. The van der Waals surface area contributed by atoms with Crippen LogP contribution in [-0.2, 0) is 16.1 Å². The third-order valence-corrected chi connectivity index (χ3v) is 2.89. The number of aromatic amines is 1. The first-order valence-corrected chi connectivity index (χ1v) is 6.39. The van der Waals surface area contributed by atoms with E-state index in [2.05, 4.69) is 15.0 Å². The van der Waals surface area contributed by atoms with Gasteiger partial charge in [0.25, 0.3) is 5.56 Å². The number of anilines is 2. The zero-order valence-corrected chi connectivity index (χ0v) is 11.9. The number of nitrogen functional groups attached to an aromatic ring is 1. The minimum atomic E-state index is -0.750. The molecule has 1 heterocycles. The molecule has 0 saturated carbocycles. The van der Waals surface area contributed by atoms with Gasteiger partial charge in [-0.15, -0.1) is 0 Å². The number of aromatic nitrogens is 2. The molecule has 1 atom stereocenters. The highest BCUT2D eigenvalue weighted by Crippen LogP contribution is 2.12. The van der Waals surface area contributed by atoms with E-state index in [0.29, 0.717) is 6.54 Å². The van der Waals surface area contributed by atoms with Crippen LogP contribution in [0.5, 0.6) is 0 Å². The second kappa shape index (κ2) is 6.78. The Balaban J connectivity index is 3.16. The molecule has 0 spiro atoms. The Bertz CT molecular complexity index is 590. The number of carbonyl (C=O) groups is 1. The van der Waals surface area contributed by atoms with Gasteiger partial charge in [0.15, 0.2) is 0 Å². The van der Waals surface area contributed by atoms with Crippen LogP contribution < -0.4 is 22.3 Å². The molecule has 8 nitrogen and oxygen atoms in total. The van der Waals surface area contributed by atoms with Crippen molar-refractivity contribution in [3.05, 3.63) is 20.8 Å². The number of rotatable bonds is 6. The lowest BCUT2D eigenvalue weighted by atomic mass is 10.3. The van der Waals surface area contributed by atoms with Gasteiger partial charge in [0.1, 0.15) is 17.5 Å². The van der Waals surface area contributed by atoms with Gasteiger partial charge >= 0.3 is 11.7 Å². The van der Waals surface area contributed by atoms with Gasteiger partial charge in [-0.1, -0.05) is 13.3 Å². The van der Waals surface area contributed by atoms with E-state index in [9.17, 15) is 14.4 Å². The summed E-state index contributed by atoms with van der Waals surface area (Å²) in [6.45, 7) is 3.91. The lowest BCUT2D eigenvalue weighted by Gasteiger charge is -2.16. The van der Waals surface area contributed by atoms with Crippen LogP contribution in [0.3, 0.4) is 0 Å². The van der Waals surface area contributed by atoms with Gasteiger partial charge in [-0.05, 0) is 13.3 Å². The van der Waals surface area contributed by atoms with Crippen molar-refractivity contribution in [1.82, 2.24) is 9.55 Å². The SMILES string of the molecule is CCCCn1c(N)c(NC(C)C(=O)OC)c(=O)[nH]c1=O. The molecule has 0 radical (unpaired) electrons. The average molecular weight is 284 g/mol. The quantitative estimate of drug-likeness (QED) is 0.627. The predicted molar refractivity (Wildman–Crippen MR) is 75.7 cm³/mol. The summed E-state index contributed by atoms with van der Waals surface area (Å²) >= 11 is 0. The summed E-state index contributed by atoms with van der Waals surface area (Å²) in [4.78, 5) is 37.0. The Hall–Kier alpha value is -2.25. The lowest BCUT2D eigenvalue weighted by molar-refractivity contribution is -0.141. The number of nitrogens with zero attached hydrogens (tertiary/aromatic N) is 1. The Labute approximate surface area is 115 Å². The Morgan fingerprint density at radius 2 is 2.15 bits per heavy atom. The van der Waals surface area contributed by atoms with Crippen LogP contribution in [-0.4, -0.2) is 28.7 Å². The van der Waals surface area contributed by atoms with E-state index in [1.807, 2.05) is 6.92 Å². The zero-order valence-electron chi connectivity index (χ0n) is 11.9. The van der Waals surface area contributed by atoms with Gasteiger partial charge in [0, 0.05) is 6.54 Å². The van der Waals surface area contributed by atoms with Crippen molar-refractivity contribution >= 4 is 17.5 Å². The van der Waals surface area contributed by atoms with Crippen LogP contribution in [0.2, 0.25) is 0 Å². The van der Waals surface area contributed by atoms with E-state index in [1.54, 1.807) is 0 Å². The summed E-state index contributed by atoms with van der Waals surface area (Å²) in [6, 6.07) is -0.750. The third kappa shape index (κ3) is 3.40. The number of ether oxygens (including phenoxy) is 1. The van der Waals surface area contributed by atoms with E-state index in [0.717, 1.165) is 12.8 Å². The highest BCUT2D eigenvalue weighted by atomic mass is 16.5. The molecule has 0 bridgehead atoms. The topological polar surface area (TPSA) is 119 Å². The summed E-state index contributed by atoms with van der Waals surface area (Å²) in [5.41, 5.74) is 4.63. The molecule has 0 amide bonds. The van der Waals surface area contributed by atoms with Gasteiger partial charge < -0.3 is 15.8 Å². The van der Waals surface area contributed by atoms with Crippen molar-refractivity contribution in [3.63, 3.8) is 0 Å². The van der Waals surface area contributed by atoms with E-state index in [-0.39, 0.29) is 11.5 Å². The first-order chi connectivity index (χ1) is 9.42. The van der Waals surface area contributed by atoms with Gasteiger partial charge in [0.05, 0.1) is 7.11 Å². The van der Waals surface area contributed by atoms with Gasteiger partial charge in [-0.2, -0.15) is 0 Å². The Kier molecular flexibility index (Phi) is 5.36. The van der Waals surface area contributed by atoms with Crippen molar-refractivity contribution in [2.24, 2.45) is 0 Å². The maximum absolute atomic E-state index is 11.8. The van der Waals surface area contributed by atoms with Crippen LogP contribution in [0, 0.1) is 0 Å². The molecular formula is C12H20N4O4. The second-order valence-electron chi connectivity index (χ2n) is 4.41. The molecule has 0 saturated heterocycles. The van der Waals surface area contributed by atoms with E-state index >= 15 is 0 Å². The summed E-state index contributed by atoms with van der Waals surface area (Å²) in [5.74, 6) is -0.516. The molecule has 4 N–H and O–H groups in total. The number of hydrogen-bond acceptors (Lipinski definition) is 6. The molecule has 1 aromatic rings. The molecule has 1 aromatic heterocycles. The van der Waals surface area contributed by atoms with Crippen molar-refractivity contribution in [2.75, 3.05) is 18.2 Å². The highest BCUT2D eigenvalue weighted by Gasteiger charge is 2.18. The minimum absolute atomic E-state index is 0.00129. The van der Waals surface area contributed by atoms with Crippen molar-refractivity contribution in [3.8, 4) is 0 Å². The molecule has 0 aromatic carbocycles. The molecule has 1 unspecified atom stereocenters. The van der Waals surface area contributed by atoms with Crippen LogP contribution in [0.25, 0.3) is 0 Å². The number of esters is 1. The lowest BCUT2D eigenvalue weighted by Crippen LogP contribution is -2.37. The van der Waals surface area contributed by atoms with Gasteiger partial charge in [0.2, 0.25) is 0 Å². The molecule has 0 aliphatic rings. The number of nitrogens with two attached hydrogens (primary N) is 1. The van der Waals surface area contributed by atoms with Crippen molar-refractivity contribution in [1.29, 1.82) is 0 Å².